The van der Waals surface area contributed by atoms with Gasteiger partial charge in [0.15, 0.2) is 11.4 Å². The maximum atomic E-state index is 6.16. The quantitative estimate of drug-likeness (QED) is 0.745. The number of fused-ring (bicyclic) bond motifs is 3. The molecule has 0 unspecified atom stereocenters. The first-order chi connectivity index (χ1) is 10.1. The van der Waals surface area contributed by atoms with Crippen molar-refractivity contribution in [1.82, 2.24) is 9.97 Å². The number of nitrogen functional groups attached to an aromatic ring is 1. The fourth-order valence-electron chi connectivity index (χ4n) is 3.02. The van der Waals surface area contributed by atoms with E-state index < -0.39 is 0 Å². The van der Waals surface area contributed by atoms with Gasteiger partial charge in [-0.3, -0.25) is 0 Å². The van der Waals surface area contributed by atoms with Gasteiger partial charge in [0, 0.05) is 23.5 Å². The highest BCUT2D eigenvalue weighted by atomic mass is 35.5. The van der Waals surface area contributed by atoms with Crippen LogP contribution in [0.4, 0.5) is 11.8 Å². The molecule has 5 nitrogen and oxygen atoms in total. The maximum absolute atomic E-state index is 6.16. The van der Waals surface area contributed by atoms with Crippen LogP contribution in [0.25, 0.3) is 22.1 Å². The minimum Gasteiger partial charge on any atom is -0.450 e. The van der Waals surface area contributed by atoms with E-state index in [1.54, 1.807) is 0 Å². The monoisotopic (exact) mass is 302 g/mol. The van der Waals surface area contributed by atoms with E-state index in [1.807, 2.05) is 19.1 Å². The molecule has 4 rings (SSSR count). The molecule has 1 saturated heterocycles. The highest BCUT2D eigenvalue weighted by Gasteiger charge is 2.22. The summed E-state index contributed by atoms with van der Waals surface area (Å²) in [6, 6.07) is 3.76. The Morgan fingerprint density at radius 3 is 2.71 bits per heavy atom. The Balaban J connectivity index is 2.09. The van der Waals surface area contributed by atoms with Gasteiger partial charge in [0.05, 0.1) is 0 Å². The molecule has 2 N–H and O–H groups in total. The van der Waals surface area contributed by atoms with Crippen molar-refractivity contribution in [2.24, 2.45) is 0 Å². The zero-order valence-electron chi connectivity index (χ0n) is 11.7. The van der Waals surface area contributed by atoms with Crippen molar-refractivity contribution in [3.05, 3.63) is 22.7 Å². The second-order valence-corrected chi connectivity index (χ2v) is 5.92. The first-order valence-corrected chi connectivity index (χ1v) is 7.42. The van der Waals surface area contributed by atoms with Crippen LogP contribution in [-0.2, 0) is 0 Å². The van der Waals surface area contributed by atoms with Crippen LogP contribution < -0.4 is 10.6 Å². The summed E-state index contributed by atoms with van der Waals surface area (Å²) in [5.41, 5.74) is 9.12. The van der Waals surface area contributed by atoms with Crippen molar-refractivity contribution in [3.63, 3.8) is 0 Å². The molecule has 3 aromatic rings. The molecule has 0 radical (unpaired) electrons. The molecule has 0 saturated carbocycles. The normalized spacial score (nSPS) is 15.4. The summed E-state index contributed by atoms with van der Waals surface area (Å²) in [4.78, 5) is 11.0. The van der Waals surface area contributed by atoms with Crippen LogP contribution in [0.1, 0.15) is 18.4 Å². The molecule has 21 heavy (non-hydrogen) atoms. The van der Waals surface area contributed by atoms with Gasteiger partial charge in [0.2, 0.25) is 5.95 Å². The van der Waals surface area contributed by atoms with Gasteiger partial charge in [-0.05, 0) is 37.5 Å². The van der Waals surface area contributed by atoms with Gasteiger partial charge >= 0.3 is 0 Å². The molecule has 0 bridgehead atoms. The molecule has 0 aliphatic carbocycles. The second-order valence-electron chi connectivity index (χ2n) is 5.48. The smallest absolute Gasteiger partial charge is 0.222 e. The molecular weight excluding hydrogens is 288 g/mol. The second kappa shape index (κ2) is 4.49. The largest absolute Gasteiger partial charge is 0.450 e. The Hall–Kier alpha value is -2.01. The van der Waals surface area contributed by atoms with Crippen LogP contribution in [0.3, 0.4) is 0 Å². The van der Waals surface area contributed by atoms with E-state index >= 15 is 0 Å². The molecule has 0 spiro atoms. The molecule has 108 valence electrons. The molecule has 3 heterocycles. The number of aryl methyl sites for hydroxylation is 1. The van der Waals surface area contributed by atoms with Gasteiger partial charge in [0.1, 0.15) is 11.1 Å². The summed E-state index contributed by atoms with van der Waals surface area (Å²) in [6.45, 7) is 3.92. The number of rotatable bonds is 1. The van der Waals surface area contributed by atoms with E-state index in [4.69, 9.17) is 21.8 Å². The number of nitrogens with two attached hydrogens (primary N) is 1. The van der Waals surface area contributed by atoms with Crippen molar-refractivity contribution < 1.29 is 4.42 Å². The van der Waals surface area contributed by atoms with E-state index in [1.165, 1.54) is 0 Å². The lowest BCUT2D eigenvalue weighted by atomic mass is 10.1. The molecule has 0 amide bonds. The number of benzene rings is 1. The third-order valence-corrected chi connectivity index (χ3v) is 4.19. The van der Waals surface area contributed by atoms with Crippen LogP contribution in [0.2, 0.25) is 5.02 Å². The molecule has 1 aliphatic heterocycles. The maximum Gasteiger partial charge on any atom is 0.222 e. The van der Waals surface area contributed by atoms with Crippen LogP contribution in [0.5, 0.6) is 0 Å². The lowest BCUT2D eigenvalue weighted by molar-refractivity contribution is 0.660. The SMILES string of the molecule is Cc1cc(Cl)cc2c1oc1c(N3CCCC3)nc(N)nc12. The standard InChI is InChI=1S/C15H15ClN4O/c1-8-6-9(16)7-10-11-13(21-12(8)10)14(19-15(17)18-11)20-4-2-3-5-20/h6-7H,2-5H2,1H3,(H2,17,18,19). The van der Waals surface area contributed by atoms with E-state index in [0.29, 0.717) is 10.6 Å². The van der Waals surface area contributed by atoms with Crippen molar-refractivity contribution in [1.29, 1.82) is 0 Å². The van der Waals surface area contributed by atoms with Crippen molar-refractivity contribution >= 4 is 45.4 Å². The number of hydrogen-bond donors (Lipinski definition) is 1. The van der Waals surface area contributed by atoms with Gasteiger partial charge in [-0.2, -0.15) is 4.98 Å². The zero-order valence-corrected chi connectivity index (χ0v) is 12.4. The lowest BCUT2D eigenvalue weighted by Gasteiger charge is -2.16. The third-order valence-electron chi connectivity index (χ3n) is 3.97. The van der Waals surface area contributed by atoms with Gasteiger partial charge in [-0.1, -0.05) is 11.6 Å². The summed E-state index contributed by atoms with van der Waals surface area (Å²) in [5.74, 6) is 1.06. The first kappa shape index (κ1) is 12.7. The Bertz CT molecular complexity index is 852. The highest BCUT2D eigenvalue weighted by molar-refractivity contribution is 6.32. The van der Waals surface area contributed by atoms with Crippen molar-refractivity contribution in [2.45, 2.75) is 19.8 Å². The Kier molecular flexibility index (Phi) is 2.72. The number of hydrogen-bond acceptors (Lipinski definition) is 5. The van der Waals surface area contributed by atoms with Crippen LogP contribution in [0, 0.1) is 6.92 Å². The molecule has 2 aromatic heterocycles. The lowest BCUT2D eigenvalue weighted by Crippen LogP contribution is -2.19. The molecule has 0 atom stereocenters. The van der Waals surface area contributed by atoms with E-state index in [0.717, 1.165) is 53.8 Å². The minimum atomic E-state index is 0.268. The molecule has 6 heteroatoms. The summed E-state index contributed by atoms with van der Waals surface area (Å²) in [6.07, 6.45) is 2.33. The van der Waals surface area contributed by atoms with Crippen LogP contribution >= 0.6 is 11.6 Å². The summed E-state index contributed by atoms with van der Waals surface area (Å²) >= 11 is 6.16. The Labute approximate surface area is 126 Å². The number of furan rings is 1. The Morgan fingerprint density at radius 1 is 1.19 bits per heavy atom. The van der Waals surface area contributed by atoms with Crippen LogP contribution in [-0.4, -0.2) is 23.1 Å². The average Bonchev–Trinajstić information content (AvgIpc) is 3.06. The zero-order chi connectivity index (χ0) is 14.6. The number of nitrogens with zero attached hydrogens (tertiary/aromatic N) is 3. The van der Waals surface area contributed by atoms with Crippen molar-refractivity contribution in [3.8, 4) is 0 Å². The fourth-order valence-corrected chi connectivity index (χ4v) is 3.29. The summed E-state index contributed by atoms with van der Waals surface area (Å²) < 4.78 is 6.06. The van der Waals surface area contributed by atoms with Gasteiger partial charge in [-0.25, -0.2) is 4.98 Å². The molecule has 1 aromatic carbocycles. The Morgan fingerprint density at radius 2 is 1.95 bits per heavy atom. The van der Waals surface area contributed by atoms with E-state index in [-0.39, 0.29) is 5.95 Å². The van der Waals surface area contributed by atoms with Gasteiger partial charge < -0.3 is 15.1 Å². The van der Waals surface area contributed by atoms with E-state index in [9.17, 15) is 0 Å². The van der Waals surface area contributed by atoms with E-state index in [2.05, 4.69) is 14.9 Å². The average molecular weight is 303 g/mol. The number of aromatic nitrogens is 2. The van der Waals surface area contributed by atoms with Crippen molar-refractivity contribution in [2.75, 3.05) is 23.7 Å². The molecular formula is C15H15ClN4O. The van der Waals surface area contributed by atoms with Gasteiger partial charge in [-0.15, -0.1) is 0 Å². The topological polar surface area (TPSA) is 68.2 Å². The minimum absolute atomic E-state index is 0.268. The summed E-state index contributed by atoms with van der Waals surface area (Å²) in [5, 5.41) is 1.56. The highest BCUT2D eigenvalue weighted by Crippen LogP contribution is 2.37. The summed E-state index contributed by atoms with van der Waals surface area (Å²) in [7, 11) is 0. The predicted octanol–water partition coefficient (Wildman–Crippen LogP) is 3.52. The number of anilines is 2. The molecule has 1 aliphatic rings. The number of halogens is 1. The third kappa shape index (κ3) is 1.92. The van der Waals surface area contributed by atoms with Gasteiger partial charge in [0.25, 0.3) is 0 Å². The molecule has 1 fully saturated rings. The fraction of sp³-hybridized carbons (Fsp3) is 0.333. The van der Waals surface area contributed by atoms with Crippen LogP contribution in [0.15, 0.2) is 16.5 Å². The first-order valence-electron chi connectivity index (χ1n) is 7.04. The predicted molar refractivity (Wildman–Crippen MR) is 84.9 cm³/mol.